The molecule has 21 heavy (non-hydrogen) atoms. The van der Waals surface area contributed by atoms with Gasteiger partial charge in [-0.1, -0.05) is 29.3 Å². The van der Waals surface area contributed by atoms with E-state index in [1.807, 2.05) is 56.3 Å². The summed E-state index contributed by atoms with van der Waals surface area (Å²) in [6.07, 6.45) is 0. The van der Waals surface area contributed by atoms with Crippen LogP contribution in [0.25, 0.3) is 10.9 Å². The Hall–Kier alpha value is -1.77. The second kappa shape index (κ2) is 5.55. The summed E-state index contributed by atoms with van der Waals surface area (Å²) in [5, 5.41) is 5.87. The maximum Gasteiger partial charge on any atom is 0.0727 e. The zero-order chi connectivity index (χ0) is 15.0. The monoisotopic (exact) mass is 316 g/mol. The molecule has 0 amide bonds. The van der Waals surface area contributed by atoms with Crippen molar-refractivity contribution in [3.8, 4) is 0 Å². The van der Waals surface area contributed by atoms with Gasteiger partial charge in [-0.05, 0) is 55.8 Å². The van der Waals surface area contributed by atoms with Crippen molar-refractivity contribution in [1.82, 2.24) is 4.98 Å². The molecule has 0 aliphatic rings. The van der Waals surface area contributed by atoms with E-state index in [4.69, 9.17) is 23.2 Å². The third kappa shape index (κ3) is 2.82. The van der Waals surface area contributed by atoms with Gasteiger partial charge in [0.25, 0.3) is 0 Å². The molecular weight excluding hydrogens is 303 g/mol. The molecule has 1 N–H and O–H groups in total. The average Bonchev–Trinajstić information content (AvgIpc) is 2.44. The van der Waals surface area contributed by atoms with Gasteiger partial charge in [0.05, 0.1) is 5.52 Å². The number of hydrogen-bond donors (Lipinski definition) is 1. The third-order valence-electron chi connectivity index (χ3n) is 3.44. The predicted octanol–water partition coefficient (Wildman–Crippen LogP) is 5.90. The molecule has 1 aromatic heterocycles. The van der Waals surface area contributed by atoms with E-state index in [9.17, 15) is 0 Å². The van der Waals surface area contributed by atoms with Crippen LogP contribution < -0.4 is 5.32 Å². The second-order valence-electron chi connectivity index (χ2n) is 5.01. The molecule has 3 aromatic rings. The minimum Gasteiger partial charge on any atom is -0.355 e. The van der Waals surface area contributed by atoms with Crippen LogP contribution in [0.1, 0.15) is 11.3 Å². The normalized spacial score (nSPS) is 10.9. The molecule has 4 heteroatoms. The molecule has 0 spiro atoms. The van der Waals surface area contributed by atoms with Gasteiger partial charge in [-0.3, -0.25) is 4.98 Å². The smallest absolute Gasteiger partial charge is 0.0727 e. The first kappa shape index (κ1) is 14.2. The van der Waals surface area contributed by atoms with Crippen molar-refractivity contribution in [3.05, 3.63) is 63.8 Å². The number of pyridine rings is 1. The highest BCUT2D eigenvalue weighted by atomic mass is 35.5. The first-order valence-corrected chi connectivity index (χ1v) is 7.39. The zero-order valence-corrected chi connectivity index (χ0v) is 13.3. The number of halogens is 2. The van der Waals surface area contributed by atoms with E-state index in [0.717, 1.165) is 38.6 Å². The van der Waals surface area contributed by atoms with Gasteiger partial charge < -0.3 is 5.32 Å². The van der Waals surface area contributed by atoms with Gasteiger partial charge in [0.15, 0.2) is 0 Å². The molecule has 0 atom stereocenters. The van der Waals surface area contributed by atoms with E-state index in [1.165, 1.54) is 0 Å². The quantitative estimate of drug-likeness (QED) is 0.636. The van der Waals surface area contributed by atoms with Crippen molar-refractivity contribution in [2.75, 3.05) is 5.32 Å². The summed E-state index contributed by atoms with van der Waals surface area (Å²) in [6, 6.07) is 13.5. The molecule has 0 unspecified atom stereocenters. The fourth-order valence-corrected chi connectivity index (χ4v) is 2.67. The van der Waals surface area contributed by atoms with E-state index in [-0.39, 0.29) is 0 Å². The van der Waals surface area contributed by atoms with Gasteiger partial charge in [0.1, 0.15) is 0 Å². The average molecular weight is 317 g/mol. The topological polar surface area (TPSA) is 24.9 Å². The summed E-state index contributed by atoms with van der Waals surface area (Å²) in [5.41, 5.74) is 4.84. The first-order valence-electron chi connectivity index (χ1n) is 6.63. The number of fused-ring (bicyclic) bond motifs is 1. The van der Waals surface area contributed by atoms with Crippen molar-refractivity contribution in [1.29, 1.82) is 0 Å². The Bertz CT molecular complexity index is 828. The summed E-state index contributed by atoms with van der Waals surface area (Å²) in [5.74, 6) is 0. The number of anilines is 2. The summed E-state index contributed by atoms with van der Waals surface area (Å²) >= 11 is 12.3. The molecule has 0 fully saturated rings. The molecule has 1 heterocycles. The highest BCUT2D eigenvalue weighted by Gasteiger charge is 2.08. The van der Waals surface area contributed by atoms with Gasteiger partial charge in [-0.15, -0.1) is 0 Å². The molecule has 0 bridgehead atoms. The fourth-order valence-electron chi connectivity index (χ4n) is 2.32. The lowest BCUT2D eigenvalue weighted by Crippen LogP contribution is -1.97. The Kier molecular flexibility index (Phi) is 3.75. The van der Waals surface area contributed by atoms with Crippen molar-refractivity contribution < 1.29 is 0 Å². The summed E-state index contributed by atoms with van der Waals surface area (Å²) < 4.78 is 0. The summed E-state index contributed by atoms with van der Waals surface area (Å²) in [7, 11) is 0. The maximum atomic E-state index is 6.18. The van der Waals surface area contributed by atoms with Crippen LogP contribution in [0.2, 0.25) is 10.0 Å². The van der Waals surface area contributed by atoms with Crippen LogP contribution in [0.5, 0.6) is 0 Å². The van der Waals surface area contributed by atoms with Crippen LogP contribution in [-0.2, 0) is 0 Å². The molecule has 0 aliphatic carbocycles. The number of nitrogens with one attached hydrogen (secondary N) is 1. The van der Waals surface area contributed by atoms with Gasteiger partial charge in [0.2, 0.25) is 0 Å². The molecule has 0 radical (unpaired) electrons. The van der Waals surface area contributed by atoms with E-state index in [0.29, 0.717) is 5.02 Å². The summed E-state index contributed by atoms with van der Waals surface area (Å²) in [4.78, 5) is 4.53. The Labute approximate surface area is 133 Å². The van der Waals surface area contributed by atoms with Crippen molar-refractivity contribution in [2.45, 2.75) is 13.8 Å². The van der Waals surface area contributed by atoms with Crippen molar-refractivity contribution >= 4 is 45.5 Å². The van der Waals surface area contributed by atoms with Gasteiger partial charge >= 0.3 is 0 Å². The third-order valence-corrected chi connectivity index (χ3v) is 4.08. The van der Waals surface area contributed by atoms with Crippen LogP contribution in [-0.4, -0.2) is 4.98 Å². The predicted molar refractivity (Wildman–Crippen MR) is 91.0 cm³/mol. The molecule has 2 nitrogen and oxygen atoms in total. The van der Waals surface area contributed by atoms with Crippen LogP contribution in [0, 0.1) is 13.8 Å². The van der Waals surface area contributed by atoms with E-state index in [1.54, 1.807) is 0 Å². The molecule has 3 rings (SSSR count). The number of rotatable bonds is 2. The minimum atomic E-state index is 0.694. The van der Waals surface area contributed by atoms with Gasteiger partial charge in [0, 0.05) is 32.5 Å². The second-order valence-corrected chi connectivity index (χ2v) is 5.85. The Morgan fingerprint density at radius 3 is 2.57 bits per heavy atom. The molecule has 0 aliphatic heterocycles. The zero-order valence-electron chi connectivity index (χ0n) is 11.7. The molecule has 106 valence electrons. The van der Waals surface area contributed by atoms with E-state index < -0.39 is 0 Å². The Morgan fingerprint density at radius 1 is 0.952 bits per heavy atom. The van der Waals surface area contributed by atoms with E-state index >= 15 is 0 Å². The van der Waals surface area contributed by atoms with Crippen LogP contribution >= 0.6 is 23.2 Å². The highest BCUT2D eigenvalue weighted by Crippen LogP contribution is 2.31. The SMILES string of the molecule is Cc1cc(Nc2cccc(Cl)c2C)c2cc(Cl)ccc2n1. The number of benzene rings is 2. The summed E-state index contributed by atoms with van der Waals surface area (Å²) in [6.45, 7) is 3.97. The lowest BCUT2D eigenvalue weighted by Gasteiger charge is -2.13. The van der Waals surface area contributed by atoms with Crippen molar-refractivity contribution in [3.63, 3.8) is 0 Å². The highest BCUT2D eigenvalue weighted by molar-refractivity contribution is 6.32. The molecule has 2 aromatic carbocycles. The van der Waals surface area contributed by atoms with E-state index in [2.05, 4.69) is 10.3 Å². The molecular formula is C17H14Cl2N2. The molecule has 0 saturated carbocycles. The first-order chi connectivity index (χ1) is 10.0. The lowest BCUT2D eigenvalue weighted by molar-refractivity contribution is 1.25. The Morgan fingerprint density at radius 2 is 1.76 bits per heavy atom. The lowest BCUT2D eigenvalue weighted by atomic mass is 10.1. The number of aryl methyl sites for hydroxylation is 1. The molecule has 0 saturated heterocycles. The largest absolute Gasteiger partial charge is 0.355 e. The van der Waals surface area contributed by atoms with Crippen LogP contribution in [0.4, 0.5) is 11.4 Å². The fraction of sp³-hybridized carbons (Fsp3) is 0.118. The van der Waals surface area contributed by atoms with Crippen LogP contribution in [0.3, 0.4) is 0 Å². The Balaban J connectivity index is 2.15. The van der Waals surface area contributed by atoms with Gasteiger partial charge in [-0.2, -0.15) is 0 Å². The minimum absolute atomic E-state index is 0.694. The number of nitrogens with zero attached hydrogens (tertiary/aromatic N) is 1. The standard InChI is InChI=1S/C17H14Cl2N2/c1-10-8-17(13-9-12(18)6-7-16(13)20-10)21-15-5-3-4-14(19)11(15)2/h3-9H,1-2H3,(H,20,21). The number of hydrogen-bond acceptors (Lipinski definition) is 2. The van der Waals surface area contributed by atoms with Gasteiger partial charge in [-0.25, -0.2) is 0 Å². The number of aromatic nitrogens is 1. The maximum absolute atomic E-state index is 6.18. The van der Waals surface area contributed by atoms with Crippen LogP contribution in [0.15, 0.2) is 42.5 Å². The van der Waals surface area contributed by atoms with Crippen molar-refractivity contribution in [2.24, 2.45) is 0 Å².